The Hall–Kier alpha value is -0.590. The van der Waals surface area contributed by atoms with Gasteiger partial charge in [0.15, 0.2) is 0 Å². The van der Waals surface area contributed by atoms with Gasteiger partial charge in [-0.3, -0.25) is 4.79 Å². The number of ketones is 1. The molecule has 0 aromatic heterocycles. The summed E-state index contributed by atoms with van der Waals surface area (Å²) in [7, 11) is 0. The maximum Gasteiger partial charge on any atom is 0.140 e. The van der Waals surface area contributed by atoms with Crippen LogP contribution in [0.1, 0.15) is 27.2 Å². The van der Waals surface area contributed by atoms with Crippen molar-refractivity contribution < 1.29 is 4.79 Å². The molecule has 1 aliphatic carbocycles. The van der Waals surface area contributed by atoms with Crippen molar-refractivity contribution in [3.05, 3.63) is 11.6 Å². The van der Waals surface area contributed by atoms with Crippen molar-refractivity contribution in [2.24, 2.45) is 11.8 Å². The zero-order valence-electron chi connectivity index (χ0n) is 6.85. The first-order valence-electron chi connectivity index (χ1n) is 3.81. The minimum Gasteiger partial charge on any atom is -0.299 e. The van der Waals surface area contributed by atoms with Crippen LogP contribution in [-0.2, 0) is 4.79 Å². The number of carbonyl (C=O) groups excluding carboxylic acids is 1. The van der Waals surface area contributed by atoms with Gasteiger partial charge >= 0.3 is 0 Å². The zero-order valence-corrected chi connectivity index (χ0v) is 6.85. The molecule has 0 radical (unpaired) electrons. The van der Waals surface area contributed by atoms with E-state index in [4.69, 9.17) is 0 Å². The lowest BCUT2D eigenvalue weighted by atomic mass is 9.83. The Balaban J connectivity index is 2.79. The molecule has 0 aliphatic heterocycles. The predicted octanol–water partition coefficient (Wildman–Crippen LogP) is 2.18. The number of hydrogen-bond acceptors (Lipinski definition) is 1. The molecule has 0 aromatic carbocycles. The highest BCUT2D eigenvalue weighted by Crippen LogP contribution is 2.24. The Morgan fingerprint density at radius 3 is 2.60 bits per heavy atom. The van der Waals surface area contributed by atoms with E-state index >= 15 is 0 Å². The van der Waals surface area contributed by atoms with E-state index in [1.165, 1.54) is 5.57 Å². The Labute approximate surface area is 62.1 Å². The average Bonchev–Trinajstić information content (AvgIpc) is 1.82. The second-order valence-electron chi connectivity index (χ2n) is 3.30. The summed E-state index contributed by atoms with van der Waals surface area (Å²) in [4.78, 5) is 11.2. The topological polar surface area (TPSA) is 17.1 Å². The molecule has 56 valence electrons. The van der Waals surface area contributed by atoms with Crippen LogP contribution in [0.2, 0.25) is 0 Å². The van der Waals surface area contributed by atoms with Crippen LogP contribution >= 0.6 is 0 Å². The van der Waals surface area contributed by atoms with Crippen LogP contribution in [0.4, 0.5) is 0 Å². The molecule has 1 rings (SSSR count). The maximum absolute atomic E-state index is 11.2. The van der Waals surface area contributed by atoms with E-state index < -0.39 is 0 Å². The molecule has 0 aromatic rings. The van der Waals surface area contributed by atoms with E-state index in [2.05, 4.69) is 13.0 Å². The smallest absolute Gasteiger partial charge is 0.140 e. The molecular formula is C9H14O. The first-order valence-corrected chi connectivity index (χ1v) is 3.81. The van der Waals surface area contributed by atoms with E-state index in [1.54, 1.807) is 0 Å². The standard InChI is InChI=1S/C9H14O/c1-6-4-7(2)8(3)9(10)5-6/h4,7-8H,5H2,1-3H3. The highest BCUT2D eigenvalue weighted by atomic mass is 16.1. The zero-order chi connectivity index (χ0) is 7.72. The summed E-state index contributed by atoms with van der Waals surface area (Å²) < 4.78 is 0. The molecule has 2 unspecified atom stereocenters. The van der Waals surface area contributed by atoms with Crippen LogP contribution in [0.5, 0.6) is 0 Å². The van der Waals surface area contributed by atoms with Crippen LogP contribution in [0.15, 0.2) is 11.6 Å². The molecule has 0 bridgehead atoms. The number of carbonyl (C=O) groups is 1. The minimum atomic E-state index is 0.240. The summed E-state index contributed by atoms with van der Waals surface area (Å²) in [5, 5.41) is 0. The molecule has 0 saturated carbocycles. The molecule has 0 amide bonds. The summed E-state index contributed by atoms with van der Waals surface area (Å²) in [5.41, 5.74) is 1.23. The fourth-order valence-electron chi connectivity index (χ4n) is 1.38. The van der Waals surface area contributed by atoms with Crippen LogP contribution in [0, 0.1) is 11.8 Å². The second-order valence-corrected chi connectivity index (χ2v) is 3.30. The summed E-state index contributed by atoms with van der Waals surface area (Å²) in [6.07, 6.45) is 2.87. The van der Waals surface area contributed by atoms with Gasteiger partial charge in [-0.25, -0.2) is 0 Å². The van der Waals surface area contributed by atoms with Gasteiger partial charge in [-0.1, -0.05) is 25.5 Å². The van der Waals surface area contributed by atoms with Crippen LogP contribution in [0.25, 0.3) is 0 Å². The molecular weight excluding hydrogens is 124 g/mol. The van der Waals surface area contributed by atoms with Gasteiger partial charge in [0.2, 0.25) is 0 Å². The van der Waals surface area contributed by atoms with E-state index in [0.717, 1.165) is 0 Å². The Kier molecular flexibility index (Phi) is 1.93. The molecule has 0 N–H and O–H groups in total. The largest absolute Gasteiger partial charge is 0.299 e. The van der Waals surface area contributed by atoms with Gasteiger partial charge in [-0.05, 0) is 12.8 Å². The third kappa shape index (κ3) is 1.28. The third-order valence-electron chi connectivity index (χ3n) is 2.30. The van der Waals surface area contributed by atoms with Crippen molar-refractivity contribution in [2.75, 3.05) is 0 Å². The van der Waals surface area contributed by atoms with Crippen molar-refractivity contribution in [3.8, 4) is 0 Å². The monoisotopic (exact) mass is 138 g/mol. The lowest BCUT2D eigenvalue weighted by Gasteiger charge is -2.21. The molecule has 2 atom stereocenters. The van der Waals surface area contributed by atoms with Gasteiger partial charge in [-0.2, -0.15) is 0 Å². The van der Waals surface area contributed by atoms with E-state index in [-0.39, 0.29) is 5.92 Å². The first kappa shape index (κ1) is 7.52. The number of allylic oxidation sites excluding steroid dienone is 2. The Bertz CT molecular complexity index is 179. The fraction of sp³-hybridized carbons (Fsp3) is 0.667. The number of rotatable bonds is 0. The average molecular weight is 138 g/mol. The molecule has 1 heteroatoms. The maximum atomic E-state index is 11.2. The van der Waals surface area contributed by atoms with Gasteiger partial charge in [-0.15, -0.1) is 0 Å². The predicted molar refractivity (Wildman–Crippen MR) is 41.7 cm³/mol. The summed E-state index contributed by atoms with van der Waals surface area (Å²) in [6.45, 7) is 6.14. The molecule has 1 aliphatic rings. The van der Waals surface area contributed by atoms with E-state index in [0.29, 0.717) is 18.1 Å². The van der Waals surface area contributed by atoms with Crippen molar-refractivity contribution in [3.63, 3.8) is 0 Å². The van der Waals surface area contributed by atoms with Gasteiger partial charge in [0.05, 0.1) is 0 Å². The van der Waals surface area contributed by atoms with E-state index in [9.17, 15) is 4.79 Å². The Morgan fingerprint density at radius 1 is 1.50 bits per heavy atom. The van der Waals surface area contributed by atoms with Crippen LogP contribution in [-0.4, -0.2) is 5.78 Å². The molecule has 0 saturated heterocycles. The van der Waals surface area contributed by atoms with Crippen molar-refractivity contribution in [2.45, 2.75) is 27.2 Å². The molecule has 0 spiro atoms. The summed E-state index contributed by atoms with van der Waals surface area (Å²) >= 11 is 0. The van der Waals surface area contributed by atoms with Crippen LogP contribution in [0.3, 0.4) is 0 Å². The first-order chi connectivity index (χ1) is 4.61. The van der Waals surface area contributed by atoms with E-state index in [1.807, 2.05) is 13.8 Å². The molecule has 0 fully saturated rings. The highest BCUT2D eigenvalue weighted by Gasteiger charge is 2.22. The molecule has 0 heterocycles. The summed E-state index contributed by atoms with van der Waals surface area (Å²) in [6, 6.07) is 0. The Morgan fingerprint density at radius 2 is 2.10 bits per heavy atom. The third-order valence-corrected chi connectivity index (χ3v) is 2.30. The van der Waals surface area contributed by atoms with Gasteiger partial charge in [0.25, 0.3) is 0 Å². The van der Waals surface area contributed by atoms with Gasteiger partial charge in [0, 0.05) is 12.3 Å². The molecule has 1 nitrogen and oxygen atoms in total. The minimum absolute atomic E-state index is 0.240. The summed E-state index contributed by atoms with van der Waals surface area (Å²) in [5.74, 6) is 1.08. The second kappa shape index (κ2) is 2.57. The van der Waals surface area contributed by atoms with Crippen molar-refractivity contribution in [1.82, 2.24) is 0 Å². The number of hydrogen-bond donors (Lipinski definition) is 0. The fourth-order valence-corrected chi connectivity index (χ4v) is 1.38. The van der Waals surface area contributed by atoms with Crippen molar-refractivity contribution in [1.29, 1.82) is 0 Å². The van der Waals surface area contributed by atoms with Crippen LogP contribution < -0.4 is 0 Å². The lowest BCUT2D eigenvalue weighted by Crippen LogP contribution is -2.21. The lowest BCUT2D eigenvalue weighted by molar-refractivity contribution is -0.123. The normalized spacial score (nSPS) is 33.9. The quantitative estimate of drug-likeness (QED) is 0.469. The molecule has 10 heavy (non-hydrogen) atoms. The van der Waals surface area contributed by atoms with Gasteiger partial charge < -0.3 is 0 Å². The van der Waals surface area contributed by atoms with Gasteiger partial charge in [0.1, 0.15) is 5.78 Å². The number of Topliss-reactive ketones (excluding diaryl/α,β-unsaturated/α-hetero) is 1. The van der Waals surface area contributed by atoms with Crippen molar-refractivity contribution >= 4 is 5.78 Å². The SMILES string of the molecule is CC1=CC(C)C(C)C(=O)C1. The highest BCUT2D eigenvalue weighted by molar-refractivity contribution is 5.84.